The van der Waals surface area contributed by atoms with E-state index in [4.69, 9.17) is 14.6 Å². The Balaban J connectivity index is 2.76. The molecule has 0 aliphatic carbocycles. The highest BCUT2D eigenvalue weighted by Crippen LogP contribution is 2.29. The van der Waals surface area contributed by atoms with Crippen LogP contribution < -0.4 is 14.8 Å². The highest BCUT2D eigenvalue weighted by molar-refractivity contribution is 5.96. The van der Waals surface area contributed by atoms with Gasteiger partial charge in [0.15, 0.2) is 11.5 Å². The second-order valence-electron chi connectivity index (χ2n) is 5.72. The zero-order chi connectivity index (χ0) is 18.7. The summed E-state index contributed by atoms with van der Waals surface area (Å²) in [5.41, 5.74) is 0.400. The van der Waals surface area contributed by atoms with E-state index in [9.17, 15) is 9.59 Å². The first kappa shape index (κ1) is 20.5. The number of methoxy groups -OCH3 is 1. The predicted molar refractivity (Wildman–Crippen MR) is 96.7 cm³/mol. The topological polar surface area (TPSA) is 84.9 Å². The molecule has 0 fully saturated rings. The molecule has 0 aliphatic rings. The summed E-state index contributed by atoms with van der Waals surface area (Å²) in [6, 6.07) is 5.14. The van der Waals surface area contributed by atoms with Crippen LogP contribution in [0.2, 0.25) is 0 Å². The molecular formula is C19H27NO5. The van der Waals surface area contributed by atoms with Gasteiger partial charge in [-0.1, -0.05) is 38.7 Å². The van der Waals surface area contributed by atoms with Crippen molar-refractivity contribution in [3.63, 3.8) is 0 Å². The Morgan fingerprint density at radius 2 is 1.88 bits per heavy atom. The van der Waals surface area contributed by atoms with Gasteiger partial charge in [0.1, 0.15) is 5.70 Å². The number of hydrogen-bond donors (Lipinski definition) is 2. The van der Waals surface area contributed by atoms with Crippen LogP contribution in [0, 0.1) is 0 Å². The number of amides is 1. The van der Waals surface area contributed by atoms with Gasteiger partial charge in [0.25, 0.3) is 0 Å². The number of carbonyl (C=O) groups is 2. The van der Waals surface area contributed by atoms with Crippen molar-refractivity contribution < 1.29 is 24.2 Å². The van der Waals surface area contributed by atoms with Crippen LogP contribution in [-0.4, -0.2) is 30.7 Å². The Morgan fingerprint density at radius 1 is 1.16 bits per heavy atom. The lowest BCUT2D eigenvalue weighted by atomic mass is 10.1. The van der Waals surface area contributed by atoms with E-state index < -0.39 is 11.9 Å². The molecular weight excluding hydrogens is 322 g/mol. The summed E-state index contributed by atoms with van der Waals surface area (Å²) >= 11 is 0. The molecule has 1 aromatic rings. The van der Waals surface area contributed by atoms with Crippen molar-refractivity contribution in [1.29, 1.82) is 0 Å². The number of carbonyl (C=O) groups excluding carboxylic acids is 1. The van der Waals surface area contributed by atoms with E-state index in [-0.39, 0.29) is 5.70 Å². The zero-order valence-corrected chi connectivity index (χ0v) is 15.1. The van der Waals surface area contributed by atoms with Crippen LogP contribution >= 0.6 is 0 Å². The van der Waals surface area contributed by atoms with Crippen molar-refractivity contribution in [2.75, 3.05) is 13.7 Å². The van der Waals surface area contributed by atoms with Crippen molar-refractivity contribution in [3.05, 3.63) is 29.5 Å². The second kappa shape index (κ2) is 11.1. The lowest BCUT2D eigenvalue weighted by molar-refractivity contribution is -0.134. The molecule has 0 aromatic heterocycles. The van der Waals surface area contributed by atoms with Crippen LogP contribution in [-0.2, 0) is 9.59 Å². The van der Waals surface area contributed by atoms with Gasteiger partial charge in [-0.05, 0) is 30.2 Å². The molecule has 25 heavy (non-hydrogen) atoms. The van der Waals surface area contributed by atoms with Crippen molar-refractivity contribution >= 4 is 18.0 Å². The largest absolute Gasteiger partial charge is 0.493 e. The minimum absolute atomic E-state index is 0.195. The Labute approximate surface area is 148 Å². The number of carboxylic acid groups (broad SMARTS) is 1. The van der Waals surface area contributed by atoms with Crippen molar-refractivity contribution in [1.82, 2.24) is 5.32 Å². The molecule has 1 amide bonds. The summed E-state index contributed by atoms with van der Waals surface area (Å²) in [6.07, 6.45) is 7.15. The summed E-state index contributed by atoms with van der Waals surface area (Å²) in [5, 5.41) is 11.4. The van der Waals surface area contributed by atoms with Crippen molar-refractivity contribution in [2.45, 2.75) is 46.0 Å². The Morgan fingerprint density at radius 3 is 2.48 bits per heavy atom. The lowest BCUT2D eigenvalue weighted by Gasteiger charge is -2.12. The molecule has 6 heteroatoms. The van der Waals surface area contributed by atoms with E-state index in [1.54, 1.807) is 18.2 Å². The van der Waals surface area contributed by atoms with E-state index >= 15 is 0 Å². The maximum atomic E-state index is 11.2. The predicted octanol–water partition coefficient (Wildman–Crippen LogP) is 3.61. The van der Waals surface area contributed by atoms with Crippen LogP contribution in [0.1, 0.15) is 51.5 Å². The highest BCUT2D eigenvalue weighted by Gasteiger charge is 2.10. The van der Waals surface area contributed by atoms with Crippen LogP contribution in [0.15, 0.2) is 23.9 Å². The van der Waals surface area contributed by atoms with E-state index in [1.165, 1.54) is 39.4 Å². The van der Waals surface area contributed by atoms with Gasteiger partial charge < -0.3 is 19.9 Å². The first-order chi connectivity index (χ1) is 12.0. The third-order valence-electron chi connectivity index (χ3n) is 3.55. The monoisotopic (exact) mass is 349 g/mol. The number of hydrogen-bond acceptors (Lipinski definition) is 4. The average molecular weight is 349 g/mol. The van der Waals surface area contributed by atoms with Crippen LogP contribution in [0.3, 0.4) is 0 Å². The third-order valence-corrected chi connectivity index (χ3v) is 3.55. The van der Waals surface area contributed by atoms with Gasteiger partial charge >= 0.3 is 5.97 Å². The molecule has 1 aromatic carbocycles. The normalized spacial score (nSPS) is 11.1. The van der Waals surface area contributed by atoms with E-state index in [0.29, 0.717) is 23.7 Å². The quantitative estimate of drug-likeness (QED) is 0.471. The summed E-state index contributed by atoms with van der Waals surface area (Å²) in [7, 11) is 1.53. The summed E-state index contributed by atoms with van der Waals surface area (Å²) in [6.45, 7) is 4.05. The number of aliphatic carboxylic acids is 1. The van der Waals surface area contributed by atoms with Gasteiger partial charge in [0.05, 0.1) is 13.7 Å². The standard InChI is InChI=1S/C19H27NO5/c1-4-5-6-7-8-11-25-17-10-9-15(13-18(17)24-3)12-16(19(22)23)20-14(2)21/h9-10,12-13H,4-8,11H2,1-3H3,(H,20,21)(H,22,23)/b16-12-. The third kappa shape index (κ3) is 7.74. The summed E-state index contributed by atoms with van der Waals surface area (Å²) in [4.78, 5) is 22.2. The van der Waals surface area contributed by atoms with Crippen LogP contribution in [0.25, 0.3) is 6.08 Å². The maximum Gasteiger partial charge on any atom is 0.352 e. The maximum absolute atomic E-state index is 11.2. The van der Waals surface area contributed by atoms with Crippen LogP contribution in [0.4, 0.5) is 0 Å². The van der Waals surface area contributed by atoms with Gasteiger partial charge in [0, 0.05) is 6.92 Å². The molecule has 0 atom stereocenters. The molecule has 0 bridgehead atoms. The highest BCUT2D eigenvalue weighted by atomic mass is 16.5. The Hall–Kier alpha value is -2.50. The van der Waals surface area contributed by atoms with Crippen molar-refractivity contribution in [2.24, 2.45) is 0 Å². The van der Waals surface area contributed by atoms with Gasteiger partial charge in [-0.25, -0.2) is 4.79 Å². The molecule has 0 unspecified atom stereocenters. The first-order valence-electron chi connectivity index (χ1n) is 8.51. The molecule has 2 N–H and O–H groups in total. The smallest absolute Gasteiger partial charge is 0.352 e. The molecule has 138 valence electrons. The average Bonchev–Trinajstić information content (AvgIpc) is 2.57. The minimum Gasteiger partial charge on any atom is -0.493 e. The number of benzene rings is 1. The van der Waals surface area contributed by atoms with E-state index in [2.05, 4.69) is 12.2 Å². The summed E-state index contributed by atoms with van der Waals surface area (Å²) in [5.74, 6) is -0.508. The Bertz CT molecular complexity index is 610. The first-order valence-corrected chi connectivity index (χ1v) is 8.51. The number of nitrogens with one attached hydrogen (secondary N) is 1. The number of ether oxygens (including phenoxy) is 2. The van der Waals surface area contributed by atoms with Crippen molar-refractivity contribution in [3.8, 4) is 11.5 Å². The fraction of sp³-hybridized carbons (Fsp3) is 0.474. The molecule has 0 spiro atoms. The number of unbranched alkanes of at least 4 members (excludes halogenated alkanes) is 4. The van der Waals surface area contributed by atoms with Gasteiger partial charge in [-0.2, -0.15) is 0 Å². The van der Waals surface area contributed by atoms with E-state index in [1.807, 2.05) is 0 Å². The molecule has 1 rings (SSSR count). The van der Waals surface area contributed by atoms with Gasteiger partial charge in [-0.15, -0.1) is 0 Å². The van der Waals surface area contributed by atoms with Gasteiger partial charge in [-0.3, -0.25) is 4.79 Å². The minimum atomic E-state index is -1.21. The second-order valence-corrected chi connectivity index (χ2v) is 5.72. The molecule has 0 heterocycles. The lowest BCUT2D eigenvalue weighted by Crippen LogP contribution is -2.24. The van der Waals surface area contributed by atoms with E-state index in [0.717, 1.165) is 12.8 Å². The Kier molecular flexibility index (Phi) is 9.14. The molecule has 0 saturated heterocycles. The fourth-order valence-corrected chi connectivity index (χ4v) is 2.29. The molecule has 0 aliphatic heterocycles. The summed E-state index contributed by atoms with van der Waals surface area (Å²) < 4.78 is 11.1. The molecule has 6 nitrogen and oxygen atoms in total. The number of rotatable bonds is 11. The SMILES string of the molecule is CCCCCCCOc1ccc(/C=C(\NC(C)=O)C(=O)O)cc1OC. The van der Waals surface area contributed by atoms with Gasteiger partial charge in [0.2, 0.25) is 5.91 Å². The van der Waals surface area contributed by atoms with Crippen LogP contribution in [0.5, 0.6) is 11.5 Å². The molecule has 0 saturated carbocycles. The molecule has 0 radical (unpaired) electrons. The zero-order valence-electron chi connectivity index (χ0n) is 15.1. The number of carboxylic acids is 1. The fourth-order valence-electron chi connectivity index (χ4n) is 2.29.